The standard InChI is InChI=1S/C22H32N6O2S/c1-3-5-10-23-20(30)18-16-11-14(12-24-22-27-25-13-28(22)4-2)6-9-17(16)31-21(18)26-19(29)15-7-8-15/h13-15H,3-12H2,1-2H3,(H,23,30)(H,24,27)(H,26,29). The van der Waals surface area contributed by atoms with Crippen molar-refractivity contribution in [2.75, 3.05) is 23.7 Å². The highest BCUT2D eigenvalue weighted by Crippen LogP contribution is 2.41. The lowest BCUT2D eigenvalue weighted by Crippen LogP contribution is -2.28. The molecule has 0 radical (unpaired) electrons. The lowest BCUT2D eigenvalue weighted by molar-refractivity contribution is -0.117. The first-order chi connectivity index (χ1) is 15.1. The lowest BCUT2D eigenvalue weighted by Gasteiger charge is -2.23. The number of carbonyl (C=O) groups is 2. The maximum absolute atomic E-state index is 13.1. The predicted octanol–water partition coefficient (Wildman–Crippen LogP) is 3.45. The van der Waals surface area contributed by atoms with Gasteiger partial charge in [0.2, 0.25) is 11.9 Å². The minimum absolute atomic E-state index is 0.0540. The van der Waals surface area contributed by atoms with Crippen molar-refractivity contribution in [3.05, 3.63) is 22.3 Å². The van der Waals surface area contributed by atoms with Crippen molar-refractivity contribution >= 4 is 34.1 Å². The summed E-state index contributed by atoms with van der Waals surface area (Å²) in [5.41, 5.74) is 1.80. The monoisotopic (exact) mass is 444 g/mol. The molecule has 31 heavy (non-hydrogen) atoms. The number of hydrogen-bond acceptors (Lipinski definition) is 6. The number of nitrogens with one attached hydrogen (secondary N) is 3. The van der Waals surface area contributed by atoms with Gasteiger partial charge in [0.05, 0.1) is 5.56 Å². The quantitative estimate of drug-likeness (QED) is 0.487. The van der Waals surface area contributed by atoms with Crippen molar-refractivity contribution < 1.29 is 9.59 Å². The lowest BCUT2D eigenvalue weighted by atomic mass is 9.86. The van der Waals surface area contributed by atoms with Crippen LogP contribution in [-0.4, -0.2) is 39.7 Å². The average Bonchev–Trinajstić information content (AvgIpc) is 3.42. The second-order valence-electron chi connectivity index (χ2n) is 8.51. The van der Waals surface area contributed by atoms with E-state index in [0.717, 1.165) is 74.5 Å². The summed E-state index contributed by atoms with van der Waals surface area (Å²) >= 11 is 1.59. The molecule has 1 unspecified atom stereocenters. The molecule has 2 heterocycles. The Labute approximate surface area is 187 Å². The van der Waals surface area contributed by atoms with E-state index in [1.807, 2.05) is 4.57 Å². The summed E-state index contributed by atoms with van der Waals surface area (Å²) in [5.74, 6) is 1.30. The van der Waals surface area contributed by atoms with Crippen molar-refractivity contribution in [1.82, 2.24) is 20.1 Å². The van der Waals surface area contributed by atoms with Crippen LogP contribution in [0.1, 0.15) is 66.8 Å². The third kappa shape index (κ3) is 5.08. The molecule has 2 aliphatic carbocycles. The van der Waals surface area contributed by atoms with E-state index in [2.05, 4.69) is 40.0 Å². The van der Waals surface area contributed by atoms with Crippen LogP contribution in [0.15, 0.2) is 6.33 Å². The fourth-order valence-corrected chi connectivity index (χ4v) is 5.29. The van der Waals surface area contributed by atoms with Gasteiger partial charge in [0, 0.05) is 30.4 Å². The molecule has 2 aromatic heterocycles. The minimum Gasteiger partial charge on any atom is -0.354 e. The van der Waals surface area contributed by atoms with Gasteiger partial charge in [0.1, 0.15) is 11.3 Å². The Morgan fingerprint density at radius 3 is 2.84 bits per heavy atom. The third-order valence-corrected chi connectivity index (χ3v) is 7.30. The van der Waals surface area contributed by atoms with E-state index in [9.17, 15) is 9.59 Å². The van der Waals surface area contributed by atoms with E-state index >= 15 is 0 Å². The first-order valence-corrected chi connectivity index (χ1v) is 12.3. The second kappa shape index (κ2) is 9.80. The topological polar surface area (TPSA) is 101 Å². The SMILES string of the molecule is CCCCNC(=O)c1c(NC(=O)C2CC2)sc2c1CC(CNc1nncn1CC)CC2. The van der Waals surface area contributed by atoms with Gasteiger partial charge < -0.3 is 20.5 Å². The number of nitrogens with zero attached hydrogens (tertiary/aromatic N) is 3. The largest absolute Gasteiger partial charge is 0.354 e. The van der Waals surface area contributed by atoms with Crippen LogP contribution in [-0.2, 0) is 24.2 Å². The Hall–Kier alpha value is -2.42. The Balaban J connectivity index is 1.50. The molecule has 4 rings (SSSR count). The molecular formula is C22H32N6O2S. The van der Waals surface area contributed by atoms with Crippen molar-refractivity contribution in [3.8, 4) is 0 Å². The molecule has 0 bridgehead atoms. The summed E-state index contributed by atoms with van der Waals surface area (Å²) < 4.78 is 1.98. The molecule has 9 heteroatoms. The van der Waals surface area contributed by atoms with Gasteiger partial charge >= 0.3 is 0 Å². The second-order valence-corrected chi connectivity index (χ2v) is 9.62. The van der Waals surface area contributed by atoms with Gasteiger partial charge in [-0.1, -0.05) is 13.3 Å². The van der Waals surface area contributed by atoms with Gasteiger partial charge in [0.15, 0.2) is 0 Å². The van der Waals surface area contributed by atoms with E-state index in [1.165, 1.54) is 4.88 Å². The highest BCUT2D eigenvalue weighted by atomic mass is 32.1. The van der Waals surface area contributed by atoms with Gasteiger partial charge in [-0.25, -0.2) is 0 Å². The zero-order valence-electron chi connectivity index (χ0n) is 18.4. The zero-order chi connectivity index (χ0) is 21.8. The van der Waals surface area contributed by atoms with Crippen LogP contribution in [0, 0.1) is 11.8 Å². The first kappa shape index (κ1) is 21.8. The zero-order valence-corrected chi connectivity index (χ0v) is 19.2. The van der Waals surface area contributed by atoms with Gasteiger partial charge in [-0.15, -0.1) is 21.5 Å². The summed E-state index contributed by atoms with van der Waals surface area (Å²) in [6.07, 6.45) is 8.42. The first-order valence-electron chi connectivity index (χ1n) is 11.5. The van der Waals surface area contributed by atoms with Crippen LogP contribution in [0.2, 0.25) is 0 Å². The average molecular weight is 445 g/mol. The molecule has 1 atom stereocenters. The number of aryl methyl sites for hydroxylation is 2. The molecule has 2 aromatic rings. The van der Waals surface area contributed by atoms with Crippen molar-refractivity contribution in [2.24, 2.45) is 11.8 Å². The van der Waals surface area contributed by atoms with Gasteiger partial charge in [-0.2, -0.15) is 0 Å². The third-order valence-electron chi connectivity index (χ3n) is 6.10. The highest BCUT2D eigenvalue weighted by Gasteiger charge is 2.33. The fraction of sp³-hybridized carbons (Fsp3) is 0.636. The Morgan fingerprint density at radius 2 is 2.10 bits per heavy atom. The normalized spacial score (nSPS) is 17.8. The van der Waals surface area contributed by atoms with Crippen LogP contribution in [0.5, 0.6) is 0 Å². The molecule has 0 saturated heterocycles. The number of hydrogen-bond donors (Lipinski definition) is 3. The van der Waals surface area contributed by atoms with Crippen LogP contribution in [0.4, 0.5) is 10.9 Å². The van der Waals surface area contributed by atoms with Gasteiger partial charge in [0.25, 0.3) is 5.91 Å². The molecule has 0 aromatic carbocycles. The Kier molecular flexibility index (Phi) is 6.89. The molecule has 8 nitrogen and oxygen atoms in total. The summed E-state index contributed by atoms with van der Waals surface area (Å²) in [4.78, 5) is 26.7. The molecular weight excluding hydrogens is 412 g/mol. The number of thiophene rings is 1. The molecule has 2 aliphatic rings. The fourth-order valence-electron chi connectivity index (χ4n) is 4.04. The summed E-state index contributed by atoms with van der Waals surface area (Å²) in [5, 5.41) is 18.4. The maximum atomic E-state index is 13.1. The number of fused-ring (bicyclic) bond motifs is 1. The van der Waals surface area contributed by atoms with Crippen LogP contribution in [0.3, 0.4) is 0 Å². The Morgan fingerprint density at radius 1 is 1.26 bits per heavy atom. The molecule has 1 fully saturated rings. The summed E-state index contributed by atoms with van der Waals surface area (Å²) in [6.45, 7) is 6.44. The van der Waals surface area contributed by atoms with Crippen LogP contribution >= 0.6 is 11.3 Å². The maximum Gasteiger partial charge on any atom is 0.254 e. The number of anilines is 2. The smallest absolute Gasteiger partial charge is 0.254 e. The summed E-state index contributed by atoms with van der Waals surface area (Å²) in [6, 6.07) is 0. The van der Waals surface area contributed by atoms with Crippen LogP contribution < -0.4 is 16.0 Å². The number of unbranched alkanes of at least 4 members (excludes halogenated alkanes) is 1. The van der Waals surface area contributed by atoms with E-state index in [4.69, 9.17) is 0 Å². The van der Waals surface area contributed by atoms with Gasteiger partial charge in [-0.3, -0.25) is 9.59 Å². The molecule has 2 amide bonds. The number of amides is 2. The van der Waals surface area contributed by atoms with Gasteiger partial charge in [-0.05, 0) is 56.9 Å². The number of aromatic nitrogens is 3. The van der Waals surface area contributed by atoms with E-state index in [0.29, 0.717) is 18.0 Å². The van der Waals surface area contributed by atoms with Crippen LogP contribution in [0.25, 0.3) is 0 Å². The molecule has 1 saturated carbocycles. The van der Waals surface area contributed by atoms with Crippen molar-refractivity contribution in [1.29, 1.82) is 0 Å². The van der Waals surface area contributed by atoms with Crippen molar-refractivity contribution in [3.63, 3.8) is 0 Å². The number of rotatable bonds is 10. The minimum atomic E-state index is -0.0589. The van der Waals surface area contributed by atoms with E-state index < -0.39 is 0 Å². The van der Waals surface area contributed by atoms with Crippen molar-refractivity contribution in [2.45, 2.75) is 65.3 Å². The highest BCUT2D eigenvalue weighted by molar-refractivity contribution is 7.17. The van der Waals surface area contributed by atoms with E-state index in [-0.39, 0.29) is 17.7 Å². The predicted molar refractivity (Wildman–Crippen MR) is 123 cm³/mol. The molecule has 0 aliphatic heterocycles. The Bertz CT molecular complexity index is 933. The molecule has 0 spiro atoms. The number of carbonyl (C=O) groups excluding carboxylic acids is 2. The molecule has 168 valence electrons. The molecule has 3 N–H and O–H groups in total. The van der Waals surface area contributed by atoms with E-state index in [1.54, 1.807) is 17.7 Å². The summed E-state index contributed by atoms with van der Waals surface area (Å²) in [7, 11) is 0.